The smallest absolute Gasteiger partial charge is 0.0731 e. The Morgan fingerprint density at radius 1 is 1.42 bits per heavy atom. The summed E-state index contributed by atoms with van der Waals surface area (Å²) in [5.74, 6) is 0.629. The highest BCUT2D eigenvalue weighted by molar-refractivity contribution is 5.82. The Bertz CT molecular complexity index is 589. The number of hydrogen-bond acceptors (Lipinski definition) is 2. The molecule has 1 aliphatic rings. The first kappa shape index (κ1) is 12.7. The van der Waals surface area contributed by atoms with Gasteiger partial charge >= 0.3 is 0 Å². The van der Waals surface area contributed by atoms with Gasteiger partial charge < -0.3 is 5.11 Å². The van der Waals surface area contributed by atoms with Crippen molar-refractivity contribution in [1.29, 1.82) is 0 Å². The molecule has 3 rings (SSSR count). The van der Waals surface area contributed by atoms with Crippen LogP contribution < -0.4 is 0 Å². The van der Waals surface area contributed by atoms with Crippen LogP contribution in [0.2, 0.25) is 0 Å². The highest BCUT2D eigenvalue weighted by Crippen LogP contribution is 2.37. The second-order valence-corrected chi connectivity index (χ2v) is 6.03. The summed E-state index contributed by atoms with van der Waals surface area (Å²) in [7, 11) is 0. The molecule has 2 atom stereocenters. The van der Waals surface area contributed by atoms with Crippen LogP contribution in [0.1, 0.15) is 38.8 Å². The van der Waals surface area contributed by atoms with Gasteiger partial charge in [-0.05, 0) is 38.2 Å². The zero-order valence-electron chi connectivity index (χ0n) is 11.8. The Kier molecular flexibility index (Phi) is 3.09. The lowest BCUT2D eigenvalue weighted by Gasteiger charge is -2.21. The molecule has 0 saturated heterocycles. The number of rotatable bonds is 3. The molecule has 0 spiro atoms. The second kappa shape index (κ2) is 4.64. The predicted octanol–water partition coefficient (Wildman–Crippen LogP) is 3.15. The minimum atomic E-state index is -0.547. The highest BCUT2D eigenvalue weighted by Gasteiger charge is 2.36. The first-order valence-corrected chi connectivity index (χ1v) is 7.28. The molecule has 1 aromatic carbocycles. The van der Waals surface area contributed by atoms with E-state index in [-0.39, 0.29) is 0 Å². The maximum atomic E-state index is 10.7. The van der Waals surface area contributed by atoms with Crippen LogP contribution in [-0.2, 0) is 13.0 Å². The van der Waals surface area contributed by atoms with E-state index in [4.69, 9.17) is 5.10 Å². The number of hydrogen-bond donors (Lipinski definition) is 1. The van der Waals surface area contributed by atoms with Crippen molar-refractivity contribution < 1.29 is 5.11 Å². The summed E-state index contributed by atoms with van der Waals surface area (Å²) in [5, 5.41) is 16.6. The number of aliphatic hydroxyl groups is 1. The van der Waals surface area contributed by atoms with Crippen LogP contribution in [0.4, 0.5) is 0 Å². The molecule has 102 valence electrons. The van der Waals surface area contributed by atoms with Gasteiger partial charge in [-0.1, -0.05) is 25.1 Å². The van der Waals surface area contributed by atoms with Gasteiger partial charge in [0.05, 0.1) is 16.8 Å². The fraction of sp³-hybridized carbons (Fsp3) is 0.562. The monoisotopic (exact) mass is 258 g/mol. The molecule has 0 amide bonds. The third kappa shape index (κ3) is 2.27. The van der Waals surface area contributed by atoms with Crippen LogP contribution in [0, 0.1) is 5.92 Å². The van der Waals surface area contributed by atoms with Crippen molar-refractivity contribution in [3.05, 3.63) is 30.0 Å². The van der Waals surface area contributed by atoms with Gasteiger partial charge in [0.1, 0.15) is 0 Å². The normalized spacial score (nSPS) is 27.2. The van der Waals surface area contributed by atoms with E-state index in [2.05, 4.69) is 32.0 Å². The van der Waals surface area contributed by atoms with E-state index >= 15 is 0 Å². The number of para-hydroxylation sites is 1. The molecule has 1 fully saturated rings. The van der Waals surface area contributed by atoms with Crippen molar-refractivity contribution >= 4 is 10.9 Å². The standard InChI is InChI=1S/C16H22N2O/c1-3-18-15-7-5-4-6-13(15)14(17-18)11-16(19)9-8-12(2)10-16/h4-7,12,19H,3,8-11H2,1-2H3. The Morgan fingerprint density at radius 3 is 2.89 bits per heavy atom. The van der Waals surface area contributed by atoms with Crippen LogP contribution >= 0.6 is 0 Å². The van der Waals surface area contributed by atoms with E-state index < -0.39 is 5.60 Å². The molecular weight excluding hydrogens is 236 g/mol. The third-order valence-corrected chi connectivity index (χ3v) is 4.36. The number of fused-ring (bicyclic) bond motifs is 1. The Morgan fingerprint density at radius 2 is 2.21 bits per heavy atom. The Labute approximate surface area is 114 Å². The summed E-state index contributed by atoms with van der Waals surface area (Å²) in [6.07, 6.45) is 3.62. The molecule has 1 aromatic heterocycles. The van der Waals surface area contributed by atoms with Gasteiger partial charge in [0.2, 0.25) is 0 Å². The number of nitrogens with zero attached hydrogens (tertiary/aromatic N) is 2. The van der Waals surface area contributed by atoms with Gasteiger partial charge in [0, 0.05) is 18.4 Å². The average Bonchev–Trinajstić information content (AvgIpc) is 2.91. The molecule has 1 N–H and O–H groups in total. The van der Waals surface area contributed by atoms with Crippen LogP contribution in [0.3, 0.4) is 0 Å². The van der Waals surface area contributed by atoms with E-state index in [1.54, 1.807) is 0 Å². The molecule has 2 unspecified atom stereocenters. The number of benzene rings is 1. The molecule has 3 heteroatoms. The van der Waals surface area contributed by atoms with E-state index in [1.807, 2.05) is 10.7 Å². The summed E-state index contributed by atoms with van der Waals surface area (Å²) in [6, 6.07) is 8.32. The van der Waals surface area contributed by atoms with Crippen molar-refractivity contribution in [2.75, 3.05) is 0 Å². The van der Waals surface area contributed by atoms with Crippen LogP contribution in [0.5, 0.6) is 0 Å². The highest BCUT2D eigenvalue weighted by atomic mass is 16.3. The topological polar surface area (TPSA) is 38.0 Å². The van der Waals surface area contributed by atoms with Gasteiger partial charge in [-0.3, -0.25) is 4.68 Å². The molecule has 1 saturated carbocycles. The van der Waals surface area contributed by atoms with Gasteiger partial charge in [-0.2, -0.15) is 5.10 Å². The molecule has 2 aromatic rings. The molecule has 0 radical (unpaired) electrons. The Balaban J connectivity index is 1.97. The lowest BCUT2D eigenvalue weighted by atomic mass is 9.93. The predicted molar refractivity (Wildman–Crippen MR) is 77.1 cm³/mol. The van der Waals surface area contributed by atoms with Gasteiger partial charge in [0.15, 0.2) is 0 Å². The minimum absolute atomic E-state index is 0.547. The van der Waals surface area contributed by atoms with Gasteiger partial charge in [-0.25, -0.2) is 0 Å². The number of aromatic nitrogens is 2. The maximum absolute atomic E-state index is 10.7. The van der Waals surface area contributed by atoms with Crippen LogP contribution in [0.25, 0.3) is 10.9 Å². The molecule has 19 heavy (non-hydrogen) atoms. The number of aryl methyl sites for hydroxylation is 1. The lowest BCUT2D eigenvalue weighted by molar-refractivity contribution is 0.0438. The largest absolute Gasteiger partial charge is 0.389 e. The van der Waals surface area contributed by atoms with Crippen molar-refractivity contribution in [2.24, 2.45) is 5.92 Å². The zero-order chi connectivity index (χ0) is 13.5. The Hall–Kier alpha value is -1.35. The molecule has 0 aliphatic heterocycles. The van der Waals surface area contributed by atoms with Crippen molar-refractivity contribution in [3.63, 3.8) is 0 Å². The van der Waals surface area contributed by atoms with Crippen molar-refractivity contribution in [1.82, 2.24) is 9.78 Å². The fourth-order valence-electron chi connectivity index (χ4n) is 3.41. The van der Waals surface area contributed by atoms with Crippen LogP contribution in [-0.4, -0.2) is 20.5 Å². The molecule has 0 bridgehead atoms. The zero-order valence-corrected chi connectivity index (χ0v) is 11.8. The van der Waals surface area contributed by atoms with Gasteiger partial charge in [0.25, 0.3) is 0 Å². The van der Waals surface area contributed by atoms with Crippen molar-refractivity contribution in [3.8, 4) is 0 Å². The lowest BCUT2D eigenvalue weighted by Crippen LogP contribution is -2.28. The summed E-state index contributed by atoms with van der Waals surface area (Å²) in [5.41, 5.74) is 1.68. The van der Waals surface area contributed by atoms with E-state index in [1.165, 1.54) is 10.9 Å². The van der Waals surface area contributed by atoms with Gasteiger partial charge in [-0.15, -0.1) is 0 Å². The first-order valence-electron chi connectivity index (χ1n) is 7.28. The average molecular weight is 258 g/mol. The molecule has 3 nitrogen and oxygen atoms in total. The van der Waals surface area contributed by atoms with E-state index in [0.29, 0.717) is 12.3 Å². The molecule has 1 aliphatic carbocycles. The summed E-state index contributed by atoms with van der Waals surface area (Å²) >= 11 is 0. The SMILES string of the molecule is CCn1nc(CC2(O)CCC(C)C2)c2ccccc21. The summed E-state index contributed by atoms with van der Waals surface area (Å²) < 4.78 is 2.03. The quantitative estimate of drug-likeness (QED) is 0.918. The molecular formula is C16H22N2O. The van der Waals surface area contributed by atoms with E-state index in [0.717, 1.165) is 31.5 Å². The minimum Gasteiger partial charge on any atom is -0.389 e. The third-order valence-electron chi connectivity index (χ3n) is 4.36. The fourth-order valence-corrected chi connectivity index (χ4v) is 3.41. The summed E-state index contributed by atoms with van der Waals surface area (Å²) in [4.78, 5) is 0. The van der Waals surface area contributed by atoms with E-state index in [9.17, 15) is 5.11 Å². The first-order chi connectivity index (χ1) is 9.11. The summed E-state index contributed by atoms with van der Waals surface area (Å²) in [6.45, 7) is 5.20. The van der Waals surface area contributed by atoms with Crippen molar-refractivity contribution in [2.45, 2.75) is 51.7 Å². The maximum Gasteiger partial charge on any atom is 0.0731 e. The second-order valence-electron chi connectivity index (χ2n) is 6.03. The molecule has 1 heterocycles. The van der Waals surface area contributed by atoms with Crippen LogP contribution in [0.15, 0.2) is 24.3 Å².